The maximum atomic E-state index is 13.4. The van der Waals surface area contributed by atoms with Gasteiger partial charge in [-0.1, -0.05) is 43.3 Å². The molecule has 1 saturated heterocycles. The molecule has 4 rings (SSSR count). The summed E-state index contributed by atoms with van der Waals surface area (Å²) in [5.74, 6) is 0.665. The summed E-state index contributed by atoms with van der Waals surface area (Å²) in [5, 5.41) is 6.24. The third-order valence-corrected chi connectivity index (χ3v) is 7.18. The first kappa shape index (κ1) is 26.2. The molecule has 2 heterocycles. The van der Waals surface area contributed by atoms with Gasteiger partial charge < -0.3 is 15.4 Å². The van der Waals surface area contributed by atoms with Gasteiger partial charge in [-0.15, -0.1) is 0 Å². The minimum Gasteiger partial charge on any atom is -0.493 e. The molecule has 2 aliphatic rings. The van der Waals surface area contributed by atoms with Gasteiger partial charge in [0.2, 0.25) is 5.91 Å². The molecule has 0 saturated carbocycles. The average molecular weight is 493 g/mol. The van der Waals surface area contributed by atoms with E-state index in [4.69, 9.17) is 4.74 Å². The van der Waals surface area contributed by atoms with Crippen molar-refractivity contribution in [3.63, 3.8) is 0 Å². The summed E-state index contributed by atoms with van der Waals surface area (Å²) in [4.78, 5) is 30.7. The molecule has 194 valence electrons. The molecular formula is C29H40N4O3. The first-order chi connectivity index (χ1) is 17.6. The molecule has 2 aromatic carbocycles. The maximum absolute atomic E-state index is 13.4. The lowest BCUT2D eigenvalue weighted by molar-refractivity contribution is -0.122. The number of likely N-dealkylation sites (tertiary alicyclic amines) is 1. The van der Waals surface area contributed by atoms with E-state index in [1.807, 2.05) is 36.4 Å². The predicted octanol–water partition coefficient (Wildman–Crippen LogP) is 3.58. The zero-order valence-corrected chi connectivity index (χ0v) is 21.5. The largest absolute Gasteiger partial charge is 0.493 e. The van der Waals surface area contributed by atoms with E-state index < -0.39 is 0 Å². The molecule has 36 heavy (non-hydrogen) atoms. The van der Waals surface area contributed by atoms with E-state index in [1.165, 1.54) is 6.42 Å². The third-order valence-electron chi connectivity index (χ3n) is 7.18. The van der Waals surface area contributed by atoms with Crippen molar-refractivity contribution in [2.45, 2.75) is 58.2 Å². The van der Waals surface area contributed by atoms with Crippen molar-refractivity contribution in [2.24, 2.45) is 0 Å². The van der Waals surface area contributed by atoms with Crippen LogP contribution in [0.4, 0.5) is 0 Å². The Kier molecular flexibility index (Phi) is 9.76. The number of fused-ring (bicyclic) bond motifs is 1. The molecule has 1 fully saturated rings. The summed E-state index contributed by atoms with van der Waals surface area (Å²) in [5.41, 5.74) is 2.60. The molecule has 7 nitrogen and oxygen atoms in total. The van der Waals surface area contributed by atoms with Gasteiger partial charge in [-0.25, -0.2) is 0 Å². The van der Waals surface area contributed by atoms with Crippen molar-refractivity contribution in [1.29, 1.82) is 0 Å². The Labute approximate surface area is 215 Å². The Bertz CT molecular complexity index is 997. The second-order valence-electron chi connectivity index (χ2n) is 9.81. The van der Waals surface area contributed by atoms with Crippen LogP contribution in [0.3, 0.4) is 0 Å². The fourth-order valence-corrected chi connectivity index (χ4v) is 5.23. The van der Waals surface area contributed by atoms with Crippen molar-refractivity contribution in [1.82, 2.24) is 20.4 Å². The standard InChI is InChI=1S/C29H40N4O3/c1-2-33-17-10-13-24(33)19-31-29(35)25-14-9-15-27-26(25)21-32(20-23-11-5-3-6-12-23)22-28(34)30-16-7-4-8-18-36-27/h3,5-6,9,11-12,14-15,24H,2,4,7-8,10,13,16-22H2,1H3,(H,30,34)(H,31,35). The minimum atomic E-state index is -0.0770. The summed E-state index contributed by atoms with van der Waals surface area (Å²) in [6.07, 6.45) is 5.12. The van der Waals surface area contributed by atoms with E-state index in [-0.39, 0.29) is 18.4 Å². The van der Waals surface area contributed by atoms with Gasteiger partial charge in [0.15, 0.2) is 0 Å². The number of carbonyl (C=O) groups is 2. The number of benzene rings is 2. The number of hydrogen-bond donors (Lipinski definition) is 2. The number of nitrogens with one attached hydrogen (secondary N) is 2. The Morgan fingerprint density at radius 3 is 2.75 bits per heavy atom. The molecule has 0 bridgehead atoms. The lowest BCUT2D eigenvalue weighted by atomic mass is 10.0. The van der Waals surface area contributed by atoms with Gasteiger partial charge in [-0.05, 0) is 62.9 Å². The smallest absolute Gasteiger partial charge is 0.251 e. The van der Waals surface area contributed by atoms with E-state index in [0.29, 0.717) is 44.4 Å². The van der Waals surface area contributed by atoms with Gasteiger partial charge >= 0.3 is 0 Å². The molecule has 0 aromatic heterocycles. The van der Waals surface area contributed by atoms with Gasteiger partial charge in [-0.2, -0.15) is 0 Å². The first-order valence-corrected chi connectivity index (χ1v) is 13.4. The summed E-state index contributed by atoms with van der Waals surface area (Å²) >= 11 is 0. The molecule has 2 N–H and O–H groups in total. The number of rotatable bonds is 6. The summed E-state index contributed by atoms with van der Waals surface area (Å²) < 4.78 is 6.21. The fraction of sp³-hybridized carbons (Fsp3) is 0.517. The van der Waals surface area contributed by atoms with Crippen LogP contribution >= 0.6 is 0 Å². The summed E-state index contributed by atoms with van der Waals surface area (Å²) in [7, 11) is 0. The number of amides is 2. The number of likely N-dealkylation sites (N-methyl/N-ethyl adjacent to an activating group) is 1. The molecule has 0 spiro atoms. The highest BCUT2D eigenvalue weighted by Gasteiger charge is 2.25. The third kappa shape index (κ3) is 7.31. The van der Waals surface area contributed by atoms with Crippen LogP contribution in [0.5, 0.6) is 5.75 Å². The van der Waals surface area contributed by atoms with Gasteiger partial charge in [0.1, 0.15) is 5.75 Å². The lowest BCUT2D eigenvalue weighted by Crippen LogP contribution is -2.40. The highest BCUT2D eigenvalue weighted by Crippen LogP contribution is 2.26. The van der Waals surface area contributed by atoms with E-state index in [1.54, 1.807) is 0 Å². The van der Waals surface area contributed by atoms with Crippen molar-refractivity contribution in [3.05, 3.63) is 65.2 Å². The molecule has 2 amide bonds. The Balaban J connectivity index is 1.58. The van der Waals surface area contributed by atoms with Crippen molar-refractivity contribution >= 4 is 11.8 Å². The first-order valence-electron chi connectivity index (χ1n) is 13.4. The topological polar surface area (TPSA) is 73.9 Å². The quantitative estimate of drug-likeness (QED) is 0.645. The summed E-state index contributed by atoms with van der Waals surface area (Å²) in [6, 6.07) is 16.3. The van der Waals surface area contributed by atoms with Crippen LogP contribution in [-0.2, 0) is 17.9 Å². The molecule has 2 aromatic rings. The predicted molar refractivity (Wildman–Crippen MR) is 142 cm³/mol. The monoisotopic (exact) mass is 492 g/mol. The molecule has 0 radical (unpaired) electrons. The Morgan fingerprint density at radius 2 is 1.92 bits per heavy atom. The number of hydrogen-bond acceptors (Lipinski definition) is 5. The Hall–Kier alpha value is -2.90. The maximum Gasteiger partial charge on any atom is 0.251 e. The normalized spacial score (nSPS) is 20.2. The molecular weight excluding hydrogens is 452 g/mol. The SMILES string of the molecule is CCN1CCCC1CNC(=O)c1cccc2c1CN(Cc1ccccc1)CC(=O)NCCCCCO2. The Morgan fingerprint density at radius 1 is 1.06 bits per heavy atom. The van der Waals surface area contributed by atoms with Gasteiger partial charge in [0.25, 0.3) is 5.91 Å². The van der Waals surface area contributed by atoms with Crippen LogP contribution in [0.2, 0.25) is 0 Å². The molecule has 7 heteroatoms. The number of carbonyl (C=O) groups excluding carboxylic acids is 2. The zero-order valence-electron chi connectivity index (χ0n) is 21.5. The second-order valence-corrected chi connectivity index (χ2v) is 9.81. The van der Waals surface area contributed by atoms with Gasteiger partial charge in [-0.3, -0.25) is 19.4 Å². The highest BCUT2D eigenvalue weighted by molar-refractivity contribution is 5.96. The van der Waals surface area contributed by atoms with E-state index in [0.717, 1.165) is 55.6 Å². The van der Waals surface area contributed by atoms with Gasteiger partial charge in [0, 0.05) is 43.3 Å². The lowest BCUT2D eigenvalue weighted by Gasteiger charge is -2.25. The zero-order chi connectivity index (χ0) is 25.2. The van der Waals surface area contributed by atoms with Crippen LogP contribution < -0.4 is 15.4 Å². The summed E-state index contributed by atoms with van der Waals surface area (Å²) in [6.45, 7) is 7.52. The molecule has 1 unspecified atom stereocenters. The molecule has 1 atom stereocenters. The average Bonchev–Trinajstić information content (AvgIpc) is 3.35. The van der Waals surface area contributed by atoms with Crippen molar-refractivity contribution in [3.8, 4) is 5.75 Å². The van der Waals surface area contributed by atoms with Crippen molar-refractivity contribution < 1.29 is 14.3 Å². The minimum absolute atomic E-state index is 0.00969. The second kappa shape index (κ2) is 13.4. The molecule has 0 aliphatic carbocycles. The van der Waals surface area contributed by atoms with E-state index in [9.17, 15) is 9.59 Å². The van der Waals surface area contributed by atoms with E-state index in [2.05, 4.69) is 39.5 Å². The van der Waals surface area contributed by atoms with Crippen molar-refractivity contribution in [2.75, 3.05) is 39.3 Å². The fourth-order valence-electron chi connectivity index (χ4n) is 5.23. The van der Waals surface area contributed by atoms with Crippen LogP contribution in [0.1, 0.15) is 60.5 Å². The van der Waals surface area contributed by atoms with Crippen LogP contribution in [-0.4, -0.2) is 67.0 Å². The van der Waals surface area contributed by atoms with Crippen LogP contribution in [0.15, 0.2) is 48.5 Å². The number of nitrogens with zero attached hydrogens (tertiary/aromatic N) is 2. The molecule has 2 aliphatic heterocycles. The van der Waals surface area contributed by atoms with Gasteiger partial charge in [0.05, 0.1) is 13.2 Å². The highest BCUT2D eigenvalue weighted by atomic mass is 16.5. The van der Waals surface area contributed by atoms with Crippen LogP contribution in [0, 0.1) is 0 Å². The van der Waals surface area contributed by atoms with Crippen LogP contribution in [0.25, 0.3) is 0 Å². The van der Waals surface area contributed by atoms with E-state index >= 15 is 0 Å². The number of ether oxygens (including phenoxy) is 1.